The van der Waals surface area contributed by atoms with Crippen molar-refractivity contribution in [3.63, 3.8) is 0 Å². The summed E-state index contributed by atoms with van der Waals surface area (Å²) in [6.45, 7) is 0. The lowest BCUT2D eigenvalue weighted by Gasteiger charge is -2.18. The minimum atomic E-state index is -0.369. The number of rotatable bonds is 3. The summed E-state index contributed by atoms with van der Waals surface area (Å²) >= 11 is 8.95. The average Bonchev–Trinajstić information content (AvgIpc) is 2.79. The molecule has 5 heteroatoms. The van der Waals surface area contributed by atoms with Crippen molar-refractivity contribution in [2.75, 3.05) is 5.88 Å². The van der Waals surface area contributed by atoms with E-state index in [4.69, 9.17) is 11.6 Å². The van der Waals surface area contributed by atoms with Crippen LogP contribution < -0.4 is 5.32 Å². The van der Waals surface area contributed by atoms with E-state index in [0.29, 0.717) is 21.8 Å². The fraction of sp³-hybridized carbons (Fsp3) is 0.462. The van der Waals surface area contributed by atoms with Crippen LogP contribution >= 0.6 is 27.5 Å². The summed E-state index contributed by atoms with van der Waals surface area (Å²) in [6.07, 6.45) is 3.11. The summed E-state index contributed by atoms with van der Waals surface area (Å²) in [5.41, 5.74) is 0.462. The van der Waals surface area contributed by atoms with E-state index in [0.717, 1.165) is 19.3 Å². The molecule has 2 unspecified atom stereocenters. The van der Waals surface area contributed by atoms with Crippen LogP contribution in [0.4, 0.5) is 4.39 Å². The highest BCUT2D eigenvalue weighted by molar-refractivity contribution is 9.10. The molecule has 1 N–H and O–H groups in total. The zero-order valence-corrected chi connectivity index (χ0v) is 12.1. The predicted molar refractivity (Wildman–Crippen MR) is 73.4 cm³/mol. The molecule has 0 aliphatic heterocycles. The number of amides is 1. The van der Waals surface area contributed by atoms with Crippen molar-refractivity contribution < 1.29 is 9.18 Å². The number of halogens is 3. The maximum atomic E-state index is 13.1. The second-order valence-electron chi connectivity index (χ2n) is 4.55. The van der Waals surface area contributed by atoms with E-state index in [9.17, 15) is 9.18 Å². The lowest BCUT2D eigenvalue weighted by Crippen LogP contribution is -2.37. The van der Waals surface area contributed by atoms with Crippen molar-refractivity contribution in [1.29, 1.82) is 0 Å². The Balaban J connectivity index is 2.05. The fourth-order valence-electron chi connectivity index (χ4n) is 2.30. The second kappa shape index (κ2) is 6.02. The summed E-state index contributed by atoms with van der Waals surface area (Å²) in [5, 5.41) is 2.98. The van der Waals surface area contributed by atoms with Crippen molar-refractivity contribution in [2.24, 2.45) is 5.92 Å². The number of carbonyl (C=O) groups excluding carboxylic acids is 1. The Bertz CT molecular complexity index is 455. The molecule has 1 aromatic carbocycles. The largest absolute Gasteiger partial charge is 0.349 e. The number of benzene rings is 1. The Kier molecular flexibility index (Phi) is 4.62. The van der Waals surface area contributed by atoms with Crippen molar-refractivity contribution in [3.05, 3.63) is 34.1 Å². The molecule has 1 saturated carbocycles. The molecule has 0 bridgehead atoms. The highest BCUT2D eigenvalue weighted by Gasteiger charge is 2.28. The Morgan fingerprint density at radius 1 is 1.50 bits per heavy atom. The van der Waals surface area contributed by atoms with Crippen LogP contribution in [0.2, 0.25) is 0 Å². The van der Waals surface area contributed by atoms with Crippen LogP contribution in [0.3, 0.4) is 0 Å². The van der Waals surface area contributed by atoms with Crippen LogP contribution in [-0.2, 0) is 0 Å². The lowest BCUT2D eigenvalue weighted by atomic mass is 10.1. The van der Waals surface area contributed by atoms with Crippen LogP contribution in [0.5, 0.6) is 0 Å². The van der Waals surface area contributed by atoms with E-state index in [2.05, 4.69) is 21.2 Å². The maximum Gasteiger partial charge on any atom is 0.251 e. The quantitative estimate of drug-likeness (QED) is 0.839. The molecule has 2 rings (SSSR count). The fourth-order valence-corrected chi connectivity index (χ4v) is 3.05. The number of hydrogen-bond donors (Lipinski definition) is 1. The topological polar surface area (TPSA) is 29.1 Å². The Hall–Kier alpha value is -0.610. The Morgan fingerprint density at radius 2 is 2.28 bits per heavy atom. The first-order valence-electron chi connectivity index (χ1n) is 5.93. The minimum Gasteiger partial charge on any atom is -0.349 e. The van der Waals surface area contributed by atoms with Crippen molar-refractivity contribution >= 4 is 33.4 Å². The third-order valence-corrected chi connectivity index (χ3v) is 4.36. The van der Waals surface area contributed by atoms with Gasteiger partial charge in [-0.1, -0.05) is 6.42 Å². The molecule has 2 nitrogen and oxygen atoms in total. The van der Waals surface area contributed by atoms with E-state index >= 15 is 0 Å². The normalized spacial score (nSPS) is 23.1. The Labute approximate surface area is 119 Å². The van der Waals surface area contributed by atoms with Gasteiger partial charge in [0.15, 0.2) is 0 Å². The van der Waals surface area contributed by atoms with Crippen LogP contribution in [-0.4, -0.2) is 17.8 Å². The van der Waals surface area contributed by atoms with Crippen molar-refractivity contribution in [3.8, 4) is 0 Å². The third kappa shape index (κ3) is 3.04. The highest BCUT2D eigenvalue weighted by Crippen LogP contribution is 2.27. The first-order valence-corrected chi connectivity index (χ1v) is 7.26. The summed E-state index contributed by atoms with van der Waals surface area (Å²) in [5.74, 6) is 0.376. The Morgan fingerprint density at radius 3 is 2.94 bits per heavy atom. The molecule has 0 radical (unpaired) electrons. The molecule has 1 aliphatic carbocycles. The minimum absolute atomic E-state index is 0.138. The van der Waals surface area contributed by atoms with Gasteiger partial charge in [-0.15, -0.1) is 11.6 Å². The van der Waals surface area contributed by atoms with Gasteiger partial charge >= 0.3 is 0 Å². The molecule has 1 amide bonds. The van der Waals surface area contributed by atoms with Gasteiger partial charge in [0.25, 0.3) is 5.91 Å². The van der Waals surface area contributed by atoms with Crippen molar-refractivity contribution in [2.45, 2.75) is 25.3 Å². The SMILES string of the molecule is O=C(NC1CCCC1CCl)c1ccc(F)c(Br)c1. The monoisotopic (exact) mass is 333 g/mol. The highest BCUT2D eigenvalue weighted by atomic mass is 79.9. The van der Waals surface area contributed by atoms with E-state index in [-0.39, 0.29) is 17.8 Å². The van der Waals surface area contributed by atoms with Gasteiger partial charge in [0, 0.05) is 17.5 Å². The van der Waals surface area contributed by atoms with Crippen LogP contribution in [0.1, 0.15) is 29.6 Å². The van der Waals surface area contributed by atoms with Crippen LogP contribution in [0.25, 0.3) is 0 Å². The molecule has 0 spiro atoms. The van der Waals surface area contributed by atoms with Crippen molar-refractivity contribution in [1.82, 2.24) is 5.32 Å². The molecule has 0 heterocycles. The number of hydrogen-bond acceptors (Lipinski definition) is 1. The first kappa shape index (κ1) is 13.8. The molecule has 1 fully saturated rings. The van der Waals surface area contributed by atoms with E-state index in [1.807, 2.05) is 0 Å². The van der Waals surface area contributed by atoms with E-state index in [1.165, 1.54) is 18.2 Å². The number of alkyl halides is 1. The predicted octanol–water partition coefficient (Wildman–Crippen LogP) is 3.73. The number of carbonyl (C=O) groups is 1. The molecule has 2 atom stereocenters. The van der Waals surface area contributed by atoms with Gasteiger partial charge in [-0.25, -0.2) is 4.39 Å². The van der Waals surface area contributed by atoms with Gasteiger partial charge in [0.1, 0.15) is 5.82 Å². The molecular weight excluding hydrogens is 321 g/mol. The van der Waals surface area contributed by atoms with Gasteiger partial charge in [0.2, 0.25) is 0 Å². The third-order valence-electron chi connectivity index (χ3n) is 3.36. The van der Waals surface area contributed by atoms with Crippen LogP contribution in [0, 0.1) is 11.7 Å². The molecule has 1 aromatic rings. The summed E-state index contributed by atoms with van der Waals surface area (Å²) < 4.78 is 13.4. The zero-order valence-electron chi connectivity index (χ0n) is 9.76. The number of nitrogens with one attached hydrogen (secondary N) is 1. The van der Waals surface area contributed by atoms with Gasteiger partial charge in [-0.3, -0.25) is 4.79 Å². The van der Waals surface area contributed by atoms with Crippen LogP contribution in [0.15, 0.2) is 22.7 Å². The molecule has 0 saturated heterocycles. The molecule has 18 heavy (non-hydrogen) atoms. The van der Waals surface area contributed by atoms with E-state index < -0.39 is 0 Å². The maximum absolute atomic E-state index is 13.1. The smallest absolute Gasteiger partial charge is 0.251 e. The summed E-state index contributed by atoms with van der Waals surface area (Å²) in [4.78, 5) is 12.0. The summed E-state index contributed by atoms with van der Waals surface area (Å²) in [6, 6.07) is 4.40. The van der Waals surface area contributed by atoms with E-state index in [1.54, 1.807) is 0 Å². The van der Waals surface area contributed by atoms with Gasteiger partial charge in [-0.2, -0.15) is 0 Å². The summed E-state index contributed by atoms with van der Waals surface area (Å²) in [7, 11) is 0. The first-order chi connectivity index (χ1) is 8.61. The molecular formula is C13H14BrClFNO. The standard InChI is InChI=1S/C13H14BrClFNO/c14-10-6-8(4-5-11(10)16)13(18)17-12-3-1-2-9(12)7-15/h4-6,9,12H,1-3,7H2,(H,17,18). The molecule has 1 aliphatic rings. The van der Waals surface area contributed by atoms with Gasteiger partial charge in [-0.05, 0) is 52.9 Å². The van der Waals surface area contributed by atoms with Gasteiger partial charge in [0.05, 0.1) is 4.47 Å². The lowest BCUT2D eigenvalue weighted by molar-refractivity contribution is 0.0930. The van der Waals surface area contributed by atoms with Gasteiger partial charge < -0.3 is 5.32 Å². The average molecular weight is 335 g/mol. The molecule has 0 aromatic heterocycles. The zero-order chi connectivity index (χ0) is 13.1. The second-order valence-corrected chi connectivity index (χ2v) is 5.72. The molecule has 98 valence electrons.